The van der Waals surface area contributed by atoms with Crippen molar-refractivity contribution in [1.82, 2.24) is 9.97 Å². The Morgan fingerprint density at radius 3 is 2.84 bits per heavy atom. The van der Waals surface area contributed by atoms with Crippen LogP contribution < -0.4 is 4.74 Å². The van der Waals surface area contributed by atoms with Gasteiger partial charge in [0.2, 0.25) is 5.82 Å². The van der Waals surface area contributed by atoms with Gasteiger partial charge >= 0.3 is 5.97 Å². The minimum atomic E-state index is -1.17. The average Bonchev–Trinajstić information content (AvgIpc) is 2.35. The molecule has 1 aromatic heterocycles. The molecule has 5 nitrogen and oxygen atoms in total. The van der Waals surface area contributed by atoms with Crippen molar-refractivity contribution in [1.29, 1.82) is 0 Å². The Morgan fingerprint density at radius 2 is 2.16 bits per heavy atom. The molecule has 0 saturated heterocycles. The number of hydrogen-bond donors (Lipinski definition) is 1. The highest BCUT2D eigenvalue weighted by Gasteiger charge is 2.16. The van der Waals surface area contributed by atoms with Gasteiger partial charge in [-0.3, -0.25) is 0 Å². The Balaban J connectivity index is 2.45. The molecule has 98 valence electrons. The van der Waals surface area contributed by atoms with E-state index in [1.807, 2.05) is 0 Å². The van der Waals surface area contributed by atoms with Gasteiger partial charge in [-0.2, -0.15) is 9.37 Å². The molecule has 1 heterocycles. The molecule has 0 aliphatic rings. The van der Waals surface area contributed by atoms with E-state index in [1.165, 1.54) is 19.1 Å². The zero-order valence-corrected chi connectivity index (χ0v) is 11.3. The van der Waals surface area contributed by atoms with Crippen LogP contribution in [0.4, 0.5) is 4.39 Å². The normalized spacial score (nSPS) is 10.3. The van der Waals surface area contributed by atoms with Gasteiger partial charge in [-0.25, -0.2) is 9.78 Å². The summed E-state index contributed by atoms with van der Waals surface area (Å²) in [7, 11) is 0. The SMILES string of the molecule is Cc1ncnc(Oc2cc(Br)ccc2C(=O)O)c1F. The van der Waals surface area contributed by atoms with Crippen LogP contribution in [0.5, 0.6) is 11.6 Å². The highest BCUT2D eigenvalue weighted by atomic mass is 79.9. The minimum absolute atomic E-state index is 0.00104. The molecule has 0 atom stereocenters. The number of ether oxygens (including phenoxy) is 1. The number of nitrogens with zero attached hydrogens (tertiary/aromatic N) is 2. The van der Waals surface area contributed by atoms with Crippen LogP contribution in [0.2, 0.25) is 0 Å². The molecule has 0 unspecified atom stereocenters. The van der Waals surface area contributed by atoms with E-state index in [9.17, 15) is 9.18 Å². The van der Waals surface area contributed by atoms with Gasteiger partial charge in [-0.15, -0.1) is 0 Å². The summed E-state index contributed by atoms with van der Waals surface area (Å²) in [6.07, 6.45) is 1.15. The second-order valence-corrected chi connectivity index (χ2v) is 4.54. The van der Waals surface area contributed by atoms with Crippen molar-refractivity contribution in [2.24, 2.45) is 0 Å². The third kappa shape index (κ3) is 2.87. The molecular formula is C12H8BrFN2O3. The Bertz CT molecular complexity index is 649. The van der Waals surface area contributed by atoms with E-state index in [1.54, 1.807) is 6.07 Å². The molecule has 0 radical (unpaired) electrons. The lowest BCUT2D eigenvalue weighted by Gasteiger charge is -2.09. The second kappa shape index (κ2) is 5.31. The number of aryl methyl sites for hydroxylation is 1. The lowest BCUT2D eigenvalue weighted by Crippen LogP contribution is -2.02. The van der Waals surface area contributed by atoms with Crippen molar-refractivity contribution >= 4 is 21.9 Å². The third-order valence-electron chi connectivity index (χ3n) is 2.31. The number of aromatic carboxylic acids is 1. The van der Waals surface area contributed by atoms with Crippen molar-refractivity contribution in [3.8, 4) is 11.6 Å². The van der Waals surface area contributed by atoms with E-state index in [0.29, 0.717) is 4.47 Å². The zero-order valence-electron chi connectivity index (χ0n) is 9.72. The predicted octanol–water partition coefficient (Wildman–Crippen LogP) is 3.18. The summed E-state index contributed by atoms with van der Waals surface area (Å²) in [5.41, 5.74) is 0.0377. The molecule has 0 bridgehead atoms. The molecule has 2 rings (SSSR count). The van der Waals surface area contributed by atoms with Crippen molar-refractivity contribution < 1.29 is 19.0 Å². The summed E-state index contributed by atoms with van der Waals surface area (Å²) in [6, 6.07) is 4.34. The fraction of sp³-hybridized carbons (Fsp3) is 0.0833. The fourth-order valence-electron chi connectivity index (χ4n) is 1.37. The number of halogens is 2. The van der Waals surface area contributed by atoms with Crippen LogP contribution in [0, 0.1) is 12.7 Å². The Labute approximate surface area is 116 Å². The minimum Gasteiger partial charge on any atom is -0.478 e. The number of hydrogen-bond acceptors (Lipinski definition) is 4. The molecule has 7 heteroatoms. The Hall–Kier alpha value is -2.02. The molecule has 0 amide bonds. The maximum absolute atomic E-state index is 13.7. The van der Waals surface area contributed by atoms with Crippen molar-refractivity contribution in [2.75, 3.05) is 0 Å². The highest BCUT2D eigenvalue weighted by molar-refractivity contribution is 9.10. The van der Waals surface area contributed by atoms with Crippen LogP contribution in [0.25, 0.3) is 0 Å². The second-order valence-electron chi connectivity index (χ2n) is 3.63. The maximum Gasteiger partial charge on any atom is 0.339 e. The summed E-state index contributed by atoms with van der Waals surface area (Å²) >= 11 is 3.19. The molecular weight excluding hydrogens is 319 g/mol. The lowest BCUT2D eigenvalue weighted by molar-refractivity contribution is 0.0694. The molecule has 1 aromatic carbocycles. The summed E-state index contributed by atoms with van der Waals surface area (Å²) < 4.78 is 19.5. The largest absolute Gasteiger partial charge is 0.478 e. The first-order chi connectivity index (χ1) is 8.99. The predicted molar refractivity (Wildman–Crippen MR) is 67.9 cm³/mol. The number of carbonyl (C=O) groups is 1. The average molecular weight is 327 g/mol. The fourth-order valence-corrected chi connectivity index (χ4v) is 1.71. The number of carboxylic acids is 1. The van der Waals surface area contributed by atoms with E-state index in [-0.39, 0.29) is 22.9 Å². The summed E-state index contributed by atoms with van der Waals surface area (Å²) in [4.78, 5) is 18.4. The van der Waals surface area contributed by atoms with Crippen LogP contribution in [0.3, 0.4) is 0 Å². The zero-order chi connectivity index (χ0) is 14.0. The van der Waals surface area contributed by atoms with Gasteiger partial charge in [0, 0.05) is 4.47 Å². The van der Waals surface area contributed by atoms with E-state index in [0.717, 1.165) is 6.33 Å². The molecule has 0 fully saturated rings. The van der Waals surface area contributed by atoms with Crippen molar-refractivity contribution in [3.63, 3.8) is 0 Å². The van der Waals surface area contributed by atoms with Crippen LogP contribution in [0.1, 0.15) is 16.1 Å². The first-order valence-corrected chi connectivity index (χ1v) is 5.96. The van der Waals surface area contributed by atoms with Gasteiger partial charge in [0.15, 0.2) is 0 Å². The highest BCUT2D eigenvalue weighted by Crippen LogP contribution is 2.29. The summed E-state index contributed by atoms with van der Waals surface area (Å²) in [5, 5.41) is 9.04. The van der Waals surface area contributed by atoms with Gasteiger partial charge < -0.3 is 9.84 Å². The van der Waals surface area contributed by atoms with Gasteiger partial charge in [0.05, 0.1) is 5.69 Å². The quantitative estimate of drug-likeness (QED) is 0.937. The topological polar surface area (TPSA) is 72.3 Å². The van der Waals surface area contributed by atoms with Gasteiger partial charge in [0.1, 0.15) is 17.6 Å². The van der Waals surface area contributed by atoms with Crippen LogP contribution >= 0.6 is 15.9 Å². The van der Waals surface area contributed by atoms with Gasteiger partial charge in [-0.05, 0) is 25.1 Å². The number of benzene rings is 1. The molecule has 0 aliphatic carbocycles. The lowest BCUT2D eigenvalue weighted by atomic mass is 10.2. The molecule has 0 saturated carbocycles. The monoisotopic (exact) mass is 326 g/mol. The first-order valence-electron chi connectivity index (χ1n) is 5.17. The maximum atomic E-state index is 13.7. The smallest absolute Gasteiger partial charge is 0.339 e. The summed E-state index contributed by atoms with van der Waals surface area (Å²) in [5.74, 6) is -2.21. The number of carboxylic acid groups (broad SMARTS) is 1. The van der Waals surface area contributed by atoms with Gasteiger partial charge in [-0.1, -0.05) is 15.9 Å². The van der Waals surface area contributed by atoms with E-state index in [4.69, 9.17) is 9.84 Å². The van der Waals surface area contributed by atoms with E-state index in [2.05, 4.69) is 25.9 Å². The summed E-state index contributed by atoms with van der Waals surface area (Å²) in [6.45, 7) is 1.46. The Morgan fingerprint density at radius 1 is 1.42 bits per heavy atom. The first kappa shape index (κ1) is 13.4. The van der Waals surface area contributed by atoms with E-state index >= 15 is 0 Å². The van der Waals surface area contributed by atoms with Crippen LogP contribution in [-0.2, 0) is 0 Å². The van der Waals surface area contributed by atoms with E-state index < -0.39 is 11.8 Å². The molecule has 0 spiro atoms. The van der Waals surface area contributed by atoms with Crippen molar-refractivity contribution in [2.45, 2.75) is 6.92 Å². The molecule has 0 aliphatic heterocycles. The van der Waals surface area contributed by atoms with Crippen molar-refractivity contribution in [3.05, 3.63) is 46.1 Å². The molecule has 19 heavy (non-hydrogen) atoms. The van der Waals surface area contributed by atoms with Crippen LogP contribution in [-0.4, -0.2) is 21.0 Å². The third-order valence-corrected chi connectivity index (χ3v) is 2.81. The van der Waals surface area contributed by atoms with Gasteiger partial charge in [0.25, 0.3) is 5.88 Å². The number of aromatic nitrogens is 2. The Kier molecular flexibility index (Phi) is 3.75. The van der Waals surface area contributed by atoms with Crippen LogP contribution in [0.15, 0.2) is 29.0 Å². The number of rotatable bonds is 3. The molecule has 2 aromatic rings. The standard InChI is InChI=1S/C12H8BrFN2O3/c1-6-10(14)11(16-5-15-6)19-9-4-7(13)2-3-8(9)12(17)18/h2-5H,1H3,(H,17,18). The molecule has 1 N–H and O–H groups in total.